The van der Waals surface area contributed by atoms with Crippen LogP contribution in [0.25, 0.3) is 6.08 Å². The molecule has 2 aromatic carbocycles. The summed E-state index contributed by atoms with van der Waals surface area (Å²) in [4.78, 5) is 17.0. The number of amides is 1. The van der Waals surface area contributed by atoms with Crippen LogP contribution in [0.1, 0.15) is 25.0 Å². The number of halogens is 2. The number of rotatable bonds is 4. The van der Waals surface area contributed by atoms with E-state index in [9.17, 15) is 4.79 Å². The molecule has 3 nitrogen and oxygen atoms in total. The van der Waals surface area contributed by atoms with E-state index in [0.717, 1.165) is 30.2 Å². The van der Waals surface area contributed by atoms with E-state index in [4.69, 9.17) is 23.2 Å². The van der Waals surface area contributed by atoms with Crippen molar-refractivity contribution in [2.45, 2.75) is 32.5 Å². The molecular weight excluding hydrogens is 379 g/mol. The zero-order chi connectivity index (χ0) is 19.4. The van der Waals surface area contributed by atoms with Crippen LogP contribution in [0.5, 0.6) is 0 Å². The smallest absolute Gasteiger partial charge is 0.246 e. The second kappa shape index (κ2) is 8.92. The van der Waals surface area contributed by atoms with Gasteiger partial charge >= 0.3 is 0 Å². The highest BCUT2D eigenvalue weighted by Gasteiger charge is 2.30. The van der Waals surface area contributed by atoms with E-state index in [1.807, 2.05) is 47.4 Å². The van der Waals surface area contributed by atoms with Gasteiger partial charge in [0.25, 0.3) is 0 Å². The van der Waals surface area contributed by atoms with Gasteiger partial charge in [-0.15, -0.1) is 0 Å². The zero-order valence-electron chi connectivity index (χ0n) is 15.6. The summed E-state index contributed by atoms with van der Waals surface area (Å²) in [7, 11) is 0. The summed E-state index contributed by atoms with van der Waals surface area (Å²) in [6.45, 7) is 6.72. The van der Waals surface area contributed by atoms with Crippen LogP contribution in [-0.4, -0.2) is 40.9 Å². The first-order valence-electron chi connectivity index (χ1n) is 9.15. The number of carbonyl (C=O) groups excluding carboxylic acids is 1. The molecule has 1 heterocycles. The fourth-order valence-corrected chi connectivity index (χ4v) is 3.64. The summed E-state index contributed by atoms with van der Waals surface area (Å²) in [6, 6.07) is 15.9. The van der Waals surface area contributed by atoms with Crippen molar-refractivity contribution in [1.82, 2.24) is 9.80 Å². The lowest BCUT2D eigenvalue weighted by Crippen LogP contribution is -2.57. The van der Waals surface area contributed by atoms with Gasteiger partial charge in [0.1, 0.15) is 0 Å². The average molecular weight is 403 g/mol. The first-order valence-corrected chi connectivity index (χ1v) is 9.90. The summed E-state index contributed by atoms with van der Waals surface area (Å²) < 4.78 is 0. The van der Waals surface area contributed by atoms with E-state index in [1.54, 1.807) is 6.08 Å². The topological polar surface area (TPSA) is 23.6 Å². The first-order chi connectivity index (χ1) is 12.9. The maximum Gasteiger partial charge on any atom is 0.246 e. The largest absolute Gasteiger partial charge is 0.334 e. The summed E-state index contributed by atoms with van der Waals surface area (Å²) >= 11 is 11.9. The van der Waals surface area contributed by atoms with Gasteiger partial charge in [0, 0.05) is 47.8 Å². The van der Waals surface area contributed by atoms with Gasteiger partial charge in [0.2, 0.25) is 5.91 Å². The van der Waals surface area contributed by atoms with Crippen molar-refractivity contribution < 1.29 is 4.79 Å². The monoisotopic (exact) mass is 402 g/mol. The minimum Gasteiger partial charge on any atom is -0.334 e. The van der Waals surface area contributed by atoms with Gasteiger partial charge in [-0.3, -0.25) is 9.69 Å². The maximum atomic E-state index is 12.7. The molecule has 0 radical (unpaired) electrons. The molecule has 0 bridgehead atoms. The Morgan fingerprint density at radius 3 is 2.19 bits per heavy atom. The van der Waals surface area contributed by atoms with Crippen LogP contribution in [0.2, 0.25) is 10.0 Å². The lowest BCUT2D eigenvalue weighted by molar-refractivity contribution is -0.131. The number of benzene rings is 2. The van der Waals surface area contributed by atoms with Gasteiger partial charge in [-0.25, -0.2) is 0 Å². The molecule has 1 saturated heterocycles. The van der Waals surface area contributed by atoms with E-state index in [2.05, 4.69) is 30.9 Å². The average Bonchev–Trinajstić information content (AvgIpc) is 2.65. The Morgan fingerprint density at radius 1 is 0.963 bits per heavy atom. The Hall–Kier alpha value is -1.81. The van der Waals surface area contributed by atoms with Crippen LogP contribution >= 0.6 is 23.2 Å². The standard InChI is InChI=1S/C22H24Cl2N2O/c1-16-14-26(22(27)12-7-18-3-8-20(23)9-4-18)17(2)13-25(16)15-19-5-10-21(24)11-6-19/h3-12,16-17H,13-15H2,1-2H3/b12-7+/t16-,17+/m1/s1. The molecule has 0 aliphatic carbocycles. The Morgan fingerprint density at radius 2 is 1.56 bits per heavy atom. The lowest BCUT2D eigenvalue weighted by atomic mass is 10.1. The van der Waals surface area contributed by atoms with Crippen molar-refractivity contribution in [2.75, 3.05) is 13.1 Å². The first kappa shape index (κ1) is 19.9. The Labute approximate surface area is 171 Å². The van der Waals surface area contributed by atoms with Crippen molar-refractivity contribution in [3.05, 3.63) is 75.8 Å². The van der Waals surface area contributed by atoms with Crippen molar-refractivity contribution in [2.24, 2.45) is 0 Å². The predicted octanol–water partition coefficient (Wildman–Crippen LogP) is 5.13. The highest BCUT2D eigenvalue weighted by molar-refractivity contribution is 6.30. The van der Waals surface area contributed by atoms with Gasteiger partial charge < -0.3 is 4.90 Å². The molecule has 3 rings (SSSR count). The molecule has 0 N–H and O–H groups in total. The van der Waals surface area contributed by atoms with E-state index in [-0.39, 0.29) is 11.9 Å². The molecule has 1 aliphatic heterocycles. The molecule has 142 valence electrons. The summed E-state index contributed by atoms with van der Waals surface area (Å²) in [5, 5.41) is 1.45. The second-order valence-electron chi connectivity index (χ2n) is 7.13. The number of nitrogens with zero attached hydrogens (tertiary/aromatic N) is 2. The second-order valence-corrected chi connectivity index (χ2v) is 8.00. The van der Waals surface area contributed by atoms with Crippen LogP contribution in [-0.2, 0) is 11.3 Å². The molecule has 5 heteroatoms. The fourth-order valence-electron chi connectivity index (χ4n) is 3.39. The van der Waals surface area contributed by atoms with Crippen molar-refractivity contribution in [3.8, 4) is 0 Å². The van der Waals surface area contributed by atoms with E-state index in [0.29, 0.717) is 11.1 Å². The summed E-state index contributed by atoms with van der Waals surface area (Å²) in [6.07, 6.45) is 3.50. The fraction of sp³-hybridized carbons (Fsp3) is 0.318. The Bertz CT molecular complexity index is 802. The van der Waals surface area contributed by atoms with E-state index < -0.39 is 0 Å². The SMILES string of the molecule is C[C@@H]1CN(C(=O)/C=C/c2ccc(Cl)cc2)[C@@H](C)CN1Cc1ccc(Cl)cc1. The van der Waals surface area contributed by atoms with Crippen LogP contribution in [0, 0.1) is 0 Å². The minimum atomic E-state index is 0.0513. The van der Waals surface area contributed by atoms with Crippen LogP contribution in [0.3, 0.4) is 0 Å². The summed E-state index contributed by atoms with van der Waals surface area (Å²) in [5.74, 6) is 0.0513. The molecule has 1 amide bonds. The van der Waals surface area contributed by atoms with Gasteiger partial charge in [-0.1, -0.05) is 47.5 Å². The molecule has 27 heavy (non-hydrogen) atoms. The number of hydrogen-bond donors (Lipinski definition) is 0. The van der Waals surface area contributed by atoms with Gasteiger partial charge in [0.15, 0.2) is 0 Å². The van der Waals surface area contributed by atoms with E-state index in [1.165, 1.54) is 5.56 Å². The summed E-state index contributed by atoms with van der Waals surface area (Å²) in [5.41, 5.74) is 2.20. The molecule has 0 spiro atoms. The molecule has 0 saturated carbocycles. The van der Waals surface area contributed by atoms with Crippen molar-refractivity contribution in [3.63, 3.8) is 0 Å². The van der Waals surface area contributed by atoms with Crippen LogP contribution in [0.15, 0.2) is 54.6 Å². The normalized spacial score (nSPS) is 21.0. The van der Waals surface area contributed by atoms with Gasteiger partial charge in [-0.2, -0.15) is 0 Å². The Kier molecular flexibility index (Phi) is 6.59. The predicted molar refractivity (Wildman–Crippen MR) is 113 cm³/mol. The molecule has 2 atom stereocenters. The molecule has 2 aromatic rings. The highest BCUT2D eigenvalue weighted by Crippen LogP contribution is 2.20. The molecule has 1 aliphatic rings. The molecule has 0 unspecified atom stereocenters. The maximum absolute atomic E-state index is 12.7. The number of hydrogen-bond acceptors (Lipinski definition) is 2. The minimum absolute atomic E-state index is 0.0513. The number of piperazine rings is 1. The van der Waals surface area contributed by atoms with Crippen LogP contribution < -0.4 is 0 Å². The zero-order valence-corrected chi connectivity index (χ0v) is 17.1. The van der Waals surface area contributed by atoms with Gasteiger partial charge in [-0.05, 0) is 55.3 Å². The quantitative estimate of drug-likeness (QED) is 0.661. The molecule has 0 aromatic heterocycles. The lowest BCUT2D eigenvalue weighted by Gasteiger charge is -2.44. The number of carbonyl (C=O) groups is 1. The van der Waals surface area contributed by atoms with Crippen LogP contribution in [0.4, 0.5) is 0 Å². The highest BCUT2D eigenvalue weighted by atomic mass is 35.5. The van der Waals surface area contributed by atoms with Crippen molar-refractivity contribution in [1.29, 1.82) is 0 Å². The van der Waals surface area contributed by atoms with Gasteiger partial charge in [0.05, 0.1) is 0 Å². The third kappa shape index (κ3) is 5.35. The molecule has 1 fully saturated rings. The molecular formula is C22H24Cl2N2O. The van der Waals surface area contributed by atoms with Crippen molar-refractivity contribution >= 4 is 35.2 Å². The third-order valence-electron chi connectivity index (χ3n) is 4.99. The Balaban J connectivity index is 1.61. The van der Waals surface area contributed by atoms with E-state index >= 15 is 0 Å². The third-order valence-corrected chi connectivity index (χ3v) is 5.49.